The highest BCUT2D eigenvalue weighted by Gasteiger charge is 2.16. The molecule has 0 aliphatic rings. The van der Waals surface area contributed by atoms with Crippen LogP contribution in [0.5, 0.6) is 0 Å². The molecule has 1 aromatic heterocycles. The monoisotopic (exact) mass is 296 g/mol. The van der Waals surface area contributed by atoms with E-state index in [2.05, 4.69) is 4.98 Å². The normalized spacial score (nSPS) is 10.7. The Morgan fingerprint density at radius 1 is 0.955 bits per heavy atom. The summed E-state index contributed by atoms with van der Waals surface area (Å²) in [5, 5.41) is 0. The summed E-state index contributed by atoms with van der Waals surface area (Å²) >= 11 is 0. The van der Waals surface area contributed by atoms with Crippen LogP contribution < -0.4 is 4.90 Å². The van der Waals surface area contributed by atoms with Gasteiger partial charge in [-0.1, -0.05) is 42.5 Å². The van der Waals surface area contributed by atoms with Crippen LogP contribution in [0.1, 0.15) is 5.89 Å². The smallest absolute Gasteiger partial charge is 0.226 e. The Labute approximate surface area is 129 Å². The van der Waals surface area contributed by atoms with E-state index in [-0.39, 0.29) is 5.89 Å². The fourth-order valence-corrected chi connectivity index (χ4v) is 2.32. The molecule has 22 heavy (non-hydrogen) atoms. The molecule has 2 aromatic carbocycles. The predicted molar refractivity (Wildman–Crippen MR) is 86.5 cm³/mol. The first-order valence-corrected chi connectivity index (χ1v) is 7.08. The minimum absolute atomic E-state index is 0.102. The number of oxazole rings is 1. The second-order valence-corrected chi connectivity index (χ2v) is 5.23. The summed E-state index contributed by atoms with van der Waals surface area (Å²) in [6.45, 7) is -0.713. The molecule has 0 unspecified atom stereocenters. The van der Waals surface area contributed by atoms with E-state index >= 15 is 0 Å². The summed E-state index contributed by atoms with van der Waals surface area (Å²) < 4.78 is 18.5. The maximum absolute atomic E-state index is 13.0. The van der Waals surface area contributed by atoms with Crippen molar-refractivity contribution in [2.75, 3.05) is 19.0 Å². The van der Waals surface area contributed by atoms with Crippen molar-refractivity contribution in [3.05, 3.63) is 60.5 Å². The average molecular weight is 296 g/mol. The molecule has 3 aromatic rings. The molecule has 0 N–H and O–H groups in total. The summed E-state index contributed by atoms with van der Waals surface area (Å²) in [5.74, 6) is 0.705. The second-order valence-electron chi connectivity index (χ2n) is 5.23. The van der Waals surface area contributed by atoms with Crippen molar-refractivity contribution >= 4 is 5.69 Å². The number of nitrogens with zero attached hydrogens (tertiary/aromatic N) is 2. The Bertz CT molecular complexity index is 749. The fraction of sp³-hybridized carbons (Fsp3) is 0.167. The molecule has 0 atom stereocenters. The third kappa shape index (κ3) is 2.72. The zero-order valence-electron chi connectivity index (χ0n) is 12.6. The maximum atomic E-state index is 13.0. The van der Waals surface area contributed by atoms with Gasteiger partial charge >= 0.3 is 0 Å². The van der Waals surface area contributed by atoms with Crippen LogP contribution in [0.25, 0.3) is 22.6 Å². The van der Waals surface area contributed by atoms with Gasteiger partial charge in [0.15, 0.2) is 12.4 Å². The third-order valence-corrected chi connectivity index (χ3v) is 3.48. The average Bonchev–Trinajstić information content (AvgIpc) is 3.00. The van der Waals surface area contributed by atoms with Crippen molar-refractivity contribution in [1.82, 2.24) is 4.98 Å². The van der Waals surface area contributed by atoms with Crippen molar-refractivity contribution in [3.8, 4) is 22.6 Å². The van der Waals surface area contributed by atoms with E-state index in [9.17, 15) is 4.39 Å². The van der Waals surface area contributed by atoms with Crippen LogP contribution in [0, 0.1) is 0 Å². The fourth-order valence-electron chi connectivity index (χ4n) is 2.32. The number of alkyl halides is 1. The van der Waals surface area contributed by atoms with Crippen LogP contribution >= 0.6 is 0 Å². The van der Waals surface area contributed by atoms with E-state index in [1.807, 2.05) is 73.6 Å². The van der Waals surface area contributed by atoms with Crippen molar-refractivity contribution < 1.29 is 8.81 Å². The highest BCUT2D eigenvalue weighted by molar-refractivity contribution is 5.77. The Kier molecular flexibility index (Phi) is 3.92. The molecule has 0 fully saturated rings. The zero-order valence-corrected chi connectivity index (χ0v) is 12.6. The molecule has 0 spiro atoms. The van der Waals surface area contributed by atoms with Crippen LogP contribution in [-0.4, -0.2) is 19.1 Å². The minimum Gasteiger partial charge on any atom is -0.437 e. The van der Waals surface area contributed by atoms with Crippen LogP contribution in [0.4, 0.5) is 10.1 Å². The molecule has 0 saturated heterocycles. The molecule has 3 nitrogen and oxygen atoms in total. The van der Waals surface area contributed by atoms with Crippen LogP contribution in [0.2, 0.25) is 0 Å². The maximum Gasteiger partial charge on any atom is 0.226 e. The molecule has 0 radical (unpaired) electrons. The van der Waals surface area contributed by atoms with Gasteiger partial charge in [0.1, 0.15) is 5.69 Å². The zero-order chi connectivity index (χ0) is 15.5. The van der Waals surface area contributed by atoms with Gasteiger partial charge in [0.2, 0.25) is 5.89 Å². The Balaban J connectivity index is 2.08. The Morgan fingerprint density at radius 3 is 2.23 bits per heavy atom. The summed E-state index contributed by atoms with van der Waals surface area (Å²) in [7, 11) is 3.98. The molecule has 0 saturated carbocycles. The van der Waals surface area contributed by atoms with Crippen molar-refractivity contribution in [3.63, 3.8) is 0 Å². The van der Waals surface area contributed by atoms with E-state index in [1.165, 1.54) is 0 Å². The van der Waals surface area contributed by atoms with Crippen LogP contribution in [0.3, 0.4) is 0 Å². The topological polar surface area (TPSA) is 29.3 Å². The number of hydrogen-bond acceptors (Lipinski definition) is 3. The molecule has 0 aliphatic carbocycles. The lowest BCUT2D eigenvalue weighted by molar-refractivity contribution is 0.385. The molecule has 0 bridgehead atoms. The van der Waals surface area contributed by atoms with Crippen LogP contribution in [-0.2, 0) is 6.67 Å². The van der Waals surface area contributed by atoms with Crippen molar-refractivity contribution in [2.45, 2.75) is 6.67 Å². The summed E-state index contributed by atoms with van der Waals surface area (Å²) in [4.78, 5) is 6.32. The standard InChI is InChI=1S/C18H17FN2O/c1-21(2)15-10-8-13(9-11-15)17-18(22-16(12-19)20-17)14-6-4-3-5-7-14/h3-11H,12H2,1-2H3. The molecule has 0 amide bonds. The number of aromatic nitrogens is 1. The molecule has 3 rings (SSSR count). The molecule has 4 heteroatoms. The van der Waals surface area contributed by atoms with Gasteiger partial charge in [-0.05, 0) is 12.1 Å². The SMILES string of the molecule is CN(C)c1ccc(-c2nc(CF)oc2-c2ccccc2)cc1. The van der Waals surface area contributed by atoms with E-state index in [1.54, 1.807) is 0 Å². The van der Waals surface area contributed by atoms with Crippen molar-refractivity contribution in [2.24, 2.45) is 0 Å². The van der Waals surface area contributed by atoms with Gasteiger partial charge in [0.05, 0.1) is 0 Å². The molecule has 0 aliphatic heterocycles. The summed E-state index contributed by atoms with van der Waals surface area (Å²) in [6, 6.07) is 17.6. The van der Waals surface area contributed by atoms with E-state index in [0.29, 0.717) is 11.5 Å². The van der Waals surface area contributed by atoms with Gasteiger partial charge < -0.3 is 9.32 Å². The Morgan fingerprint density at radius 2 is 1.64 bits per heavy atom. The van der Waals surface area contributed by atoms with E-state index < -0.39 is 6.67 Å². The first-order chi connectivity index (χ1) is 10.7. The quantitative estimate of drug-likeness (QED) is 0.707. The van der Waals surface area contributed by atoms with Gasteiger partial charge in [0.25, 0.3) is 0 Å². The van der Waals surface area contributed by atoms with E-state index in [4.69, 9.17) is 4.42 Å². The number of anilines is 1. The number of hydrogen-bond donors (Lipinski definition) is 0. The molecule has 1 heterocycles. The van der Waals surface area contributed by atoms with Gasteiger partial charge in [-0.2, -0.15) is 0 Å². The van der Waals surface area contributed by atoms with Gasteiger partial charge in [-0.15, -0.1) is 0 Å². The predicted octanol–water partition coefficient (Wildman–Crippen LogP) is 4.54. The highest BCUT2D eigenvalue weighted by Crippen LogP contribution is 2.33. The lowest BCUT2D eigenvalue weighted by atomic mass is 10.1. The highest BCUT2D eigenvalue weighted by atomic mass is 19.1. The summed E-state index contributed by atoms with van der Waals surface area (Å²) in [5.41, 5.74) is 3.57. The third-order valence-electron chi connectivity index (χ3n) is 3.48. The van der Waals surface area contributed by atoms with Gasteiger partial charge in [-0.3, -0.25) is 0 Å². The first kappa shape index (κ1) is 14.3. The molecule has 112 valence electrons. The second kappa shape index (κ2) is 6.02. The van der Waals surface area contributed by atoms with Crippen molar-refractivity contribution in [1.29, 1.82) is 0 Å². The van der Waals surface area contributed by atoms with Crippen LogP contribution in [0.15, 0.2) is 59.0 Å². The molecular weight excluding hydrogens is 279 g/mol. The number of benzene rings is 2. The van der Waals surface area contributed by atoms with E-state index in [0.717, 1.165) is 16.8 Å². The lowest BCUT2D eigenvalue weighted by Crippen LogP contribution is -2.07. The first-order valence-electron chi connectivity index (χ1n) is 7.08. The minimum atomic E-state index is -0.713. The number of rotatable bonds is 4. The number of halogens is 1. The lowest BCUT2D eigenvalue weighted by Gasteiger charge is -2.12. The molecular formula is C18H17FN2O. The largest absolute Gasteiger partial charge is 0.437 e. The Hall–Kier alpha value is -2.62. The van der Waals surface area contributed by atoms with Gasteiger partial charge in [-0.25, -0.2) is 9.37 Å². The van der Waals surface area contributed by atoms with Gasteiger partial charge in [0, 0.05) is 30.9 Å². The summed E-state index contributed by atoms with van der Waals surface area (Å²) in [6.07, 6.45) is 0.